The molecular weight excluding hydrogens is 241 g/mol. The summed E-state index contributed by atoms with van der Waals surface area (Å²) in [5.41, 5.74) is -0.444. The molecule has 1 N–H and O–H groups in total. The summed E-state index contributed by atoms with van der Waals surface area (Å²) in [6.45, 7) is -1.54. The largest absolute Gasteiger partial charge is 0.483 e. The molecule has 4 nitrogen and oxygen atoms in total. The summed E-state index contributed by atoms with van der Waals surface area (Å²) in [5, 5.41) is 8.62. The Morgan fingerprint density at radius 3 is 2.53 bits per heavy atom. The van der Waals surface area contributed by atoms with Crippen LogP contribution in [0.25, 0.3) is 0 Å². The summed E-state index contributed by atoms with van der Waals surface area (Å²) in [6.07, 6.45) is -4.29. The summed E-state index contributed by atoms with van der Waals surface area (Å²) in [7, 11) is 0. The number of hydrogen-bond acceptors (Lipinski definition) is 3. The zero-order valence-corrected chi connectivity index (χ0v) is 8.32. The van der Waals surface area contributed by atoms with Crippen LogP contribution in [0.1, 0.15) is 20.7 Å². The molecule has 0 fully saturated rings. The summed E-state index contributed by atoms with van der Waals surface area (Å²) < 4.78 is 40.0. The Kier molecular flexibility index (Phi) is 3.72. The smallest absolute Gasteiger partial charge is 0.422 e. The van der Waals surface area contributed by atoms with Crippen LogP contribution >= 0.6 is 0 Å². The van der Waals surface area contributed by atoms with E-state index in [-0.39, 0.29) is 23.2 Å². The van der Waals surface area contributed by atoms with Crippen LogP contribution in [-0.2, 0) is 0 Å². The predicted octanol–water partition coefficient (Wildman–Crippen LogP) is 2.14. The van der Waals surface area contributed by atoms with Crippen LogP contribution in [0.15, 0.2) is 18.2 Å². The van der Waals surface area contributed by atoms with Gasteiger partial charge in [-0.15, -0.1) is 0 Å². The van der Waals surface area contributed by atoms with E-state index >= 15 is 0 Å². The minimum Gasteiger partial charge on any atom is -0.483 e. The molecule has 1 aromatic rings. The van der Waals surface area contributed by atoms with Crippen molar-refractivity contribution in [2.45, 2.75) is 6.18 Å². The quantitative estimate of drug-likeness (QED) is 0.829. The molecule has 0 atom stereocenters. The van der Waals surface area contributed by atoms with E-state index in [1.807, 2.05) is 0 Å². The molecule has 1 aromatic carbocycles. The highest BCUT2D eigenvalue weighted by molar-refractivity contribution is 5.91. The van der Waals surface area contributed by atoms with Crippen molar-refractivity contribution in [2.75, 3.05) is 6.61 Å². The van der Waals surface area contributed by atoms with Gasteiger partial charge in [-0.25, -0.2) is 4.79 Å². The molecule has 0 radical (unpaired) electrons. The number of carboxylic acids is 1. The van der Waals surface area contributed by atoms with Gasteiger partial charge in [-0.1, -0.05) is 0 Å². The standard InChI is InChI=1S/C10H7F3O4/c11-10(12,13)5-17-8-2-1-6(9(15)16)3-7(8)4-14/h1-4H,5H2,(H,15,16). The molecule has 0 aliphatic heterocycles. The number of hydrogen-bond donors (Lipinski definition) is 1. The third-order valence-corrected chi connectivity index (χ3v) is 1.78. The van der Waals surface area contributed by atoms with E-state index in [0.717, 1.165) is 18.2 Å². The maximum Gasteiger partial charge on any atom is 0.422 e. The maximum atomic E-state index is 11.9. The topological polar surface area (TPSA) is 63.6 Å². The van der Waals surface area contributed by atoms with Crippen molar-refractivity contribution in [2.24, 2.45) is 0 Å². The Morgan fingerprint density at radius 1 is 1.41 bits per heavy atom. The van der Waals surface area contributed by atoms with Gasteiger partial charge in [0, 0.05) is 0 Å². The fraction of sp³-hybridized carbons (Fsp3) is 0.200. The molecule has 0 saturated carbocycles. The van der Waals surface area contributed by atoms with Crippen LogP contribution < -0.4 is 4.74 Å². The Labute approximate surface area is 93.6 Å². The average Bonchev–Trinajstić information content (AvgIpc) is 2.24. The highest BCUT2D eigenvalue weighted by Gasteiger charge is 2.28. The van der Waals surface area contributed by atoms with Crippen molar-refractivity contribution in [1.82, 2.24) is 0 Å². The molecule has 0 unspecified atom stereocenters. The van der Waals surface area contributed by atoms with Gasteiger partial charge in [0.15, 0.2) is 12.9 Å². The van der Waals surface area contributed by atoms with E-state index in [0.29, 0.717) is 0 Å². The van der Waals surface area contributed by atoms with E-state index in [9.17, 15) is 22.8 Å². The highest BCUT2D eigenvalue weighted by Crippen LogP contribution is 2.22. The summed E-state index contributed by atoms with van der Waals surface area (Å²) in [6, 6.07) is 3.01. The Morgan fingerprint density at radius 2 is 2.06 bits per heavy atom. The van der Waals surface area contributed by atoms with Crippen molar-refractivity contribution < 1.29 is 32.6 Å². The molecule has 7 heteroatoms. The summed E-state index contributed by atoms with van der Waals surface area (Å²) >= 11 is 0. The molecule has 0 aliphatic carbocycles. The molecule has 1 rings (SSSR count). The van der Waals surface area contributed by atoms with Crippen LogP contribution in [0.5, 0.6) is 5.75 Å². The monoisotopic (exact) mass is 248 g/mol. The lowest BCUT2D eigenvalue weighted by atomic mass is 10.1. The van der Waals surface area contributed by atoms with Crippen LogP contribution in [0.2, 0.25) is 0 Å². The number of ether oxygens (including phenoxy) is 1. The summed E-state index contributed by atoms with van der Waals surface area (Å²) in [5.74, 6) is -1.59. The Balaban J connectivity index is 2.93. The molecule has 0 heterocycles. The highest BCUT2D eigenvalue weighted by atomic mass is 19.4. The molecular formula is C10H7F3O4. The first-order valence-electron chi connectivity index (χ1n) is 4.35. The zero-order chi connectivity index (χ0) is 13.1. The van der Waals surface area contributed by atoms with Crippen LogP contribution in [0.4, 0.5) is 13.2 Å². The molecule has 0 amide bonds. The van der Waals surface area contributed by atoms with Gasteiger partial charge in [-0.3, -0.25) is 4.79 Å². The fourth-order valence-electron chi connectivity index (χ4n) is 1.06. The number of aromatic carboxylic acids is 1. The lowest BCUT2D eigenvalue weighted by molar-refractivity contribution is -0.153. The fourth-order valence-corrected chi connectivity index (χ4v) is 1.06. The first-order chi connectivity index (χ1) is 7.83. The predicted molar refractivity (Wildman–Crippen MR) is 50.3 cm³/mol. The molecule has 0 bridgehead atoms. The van der Waals surface area contributed by atoms with E-state index in [1.165, 1.54) is 0 Å². The first kappa shape index (κ1) is 13.0. The third kappa shape index (κ3) is 3.78. The SMILES string of the molecule is O=Cc1cc(C(=O)O)ccc1OCC(F)(F)F. The van der Waals surface area contributed by atoms with Gasteiger partial charge in [-0.05, 0) is 18.2 Å². The molecule has 0 spiro atoms. The van der Waals surface area contributed by atoms with Gasteiger partial charge in [0.05, 0.1) is 11.1 Å². The van der Waals surface area contributed by atoms with Crippen molar-refractivity contribution >= 4 is 12.3 Å². The Bertz CT molecular complexity index is 440. The van der Waals surface area contributed by atoms with Crippen molar-refractivity contribution in [3.8, 4) is 5.75 Å². The average molecular weight is 248 g/mol. The second-order valence-corrected chi connectivity index (χ2v) is 3.08. The van der Waals surface area contributed by atoms with Crippen molar-refractivity contribution in [3.05, 3.63) is 29.3 Å². The second-order valence-electron chi connectivity index (χ2n) is 3.08. The van der Waals surface area contributed by atoms with Crippen LogP contribution in [0, 0.1) is 0 Å². The summed E-state index contributed by atoms with van der Waals surface area (Å²) in [4.78, 5) is 21.1. The lowest BCUT2D eigenvalue weighted by Gasteiger charge is -2.10. The van der Waals surface area contributed by atoms with Gasteiger partial charge in [0.1, 0.15) is 5.75 Å². The van der Waals surface area contributed by atoms with Crippen LogP contribution in [0.3, 0.4) is 0 Å². The van der Waals surface area contributed by atoms with E-state index in [4.69, 9.17) is 5.11 Å². The van der Waals surface area contributed by atoms with Gasteiger partial charge < -0.3 is 9.84 Å². The van der Waals surface area contributed by atoms with Gasteiger partial charge in [0.25, 0.3) is 0 Å². The van der Waals surface area contributed by atoms with E-state index < -0.39 is 18.8 Å². The molecule has 0 aromatic heterocycles. The van der Waals surface area contributed by atoms with Crippen LogP contribution in [-0.4, -0.2) is 30.1 Å². The second kappa shape index (κ2) is 4.86. The molecule has 92 valence electrons. The number of carbonyl (C=O) groups excluding carboxylic acids is 1. The van der Waals surface area contributed by atoms with Gasteiger partial charge >= 0.3 is 12.1 Å². The minimum atomic E-state index is -4.52. The molecule has 0 saturated heterocycles. The molecule has 17 heavy (non-hydrogen) atoms. The number of alkyl halides is 3. The normalized spacial score (nSPS) is 11.0. The van der Waals surface area contributed by atoms with Gasteiger partial charge in [-0.2, -0.15) is 13.2 Å². The van der Waals surface area contributed by atoms with Gasteiger partial charge in [0.2, 0.25) is 0 Å². The maximum absolute atomic E-state index is 11.9. The number of carboxylic acid groups (broad SMARTS) is 1. The zero-order valence-electron chi connectivity index (χ0n) is 8.32. The lowest BCUT2D eigenvalue weighted by Crippen LogP contribution is -2.19. The molecule has 0 aliphatic rings. The van der Waals surface area contributed by atoms with E-state index in [1.54, 1.807) is 0 Å². The third-order valence-electron chi connectivity index (χ3n) is 1.78. The van der Waals surface area contributed by atoms with Crippen molar-refractivity contribution in [3.63, 3.8) is 0 Å². The van der Waals surface area contributed by atoms with E-state index in [2.05, 4.69) is 4.74 Å². The van der Waals surface area contributed by atoms with Crippen molar-refractivity contribution in [1.29, 1.82) is 0 Å². The number of halogens is 3. The number of carbonyl (C=O) groups is 2. The minimum absolute atomic E-state index is 0.202. The number of rotatable bonds is 4. The number of aldehydes is 1. The first-order valence-corrected chi connectivity index (χ1v) is 4.35. The number of benzene rings is 1. The Hall–Kier alpha value is -2.05.